The van der Waals surface area contributed by atoms with Crippen LogP contribution in [-0.4, -0.2) is 41.6 Å². The number of nitrogens with two attached hydrogens (primary N) is 1. The summed E-state index contributed by atoms with van der Waals surface area (Å²) < 4.78 is 5.41. The fourth-order valence-electron chi connectivity index (χ4n) is 1.94. The lowest BCUT2D eigenvalue weighted by Crippen LogP contribution is -2.44. The summed E-state index contributed by atoms with van der Waals surface area (Å²) in [7, 11) is 0. The van der Waals surface area contributed by atoms with E-state index in [2.05, 4.69) is 4.98 Å². The SMILES string of the molecule is Cc1ncc(N)cc1C(=O)N1CCOC(C)C1. The molecule has 0 bridgehead atoms. The van der Waals surface area contributed by atoms with Gasteiger partial charge in [-0.1, -0.05) is 0 Å². The lowest BCUT2D eigenvalue weighted by Gasteiger charge is -2.31. The Hall–Kier alpha value is -1.62. The summed E-state index contributed by atoms with van der Waals surface area (Å²) in [6, 6.07) is 1.69. The van der Waals surface area contributed by atoms with E-state index in [0.29, 0.717) is 36.6 Å². The molecule has 1 amide bonds. The molecule has 0 aromatic carbocycles. The lowest BCUT2D eigenvalue weighted by atomic mass is 10.1. The van der Waals surface area contributed by atoms with Crippen LogP contribution in [0.25, 0.3) is 0 Å². The molecular weight excluding hydrogens is 218 g/mol. The van der Waals surface area contributed by atoms with Crippen LogP contribution in [-0.2, 0) is 4.74 Å². The molecule has 0 saturated carbocycles. The average molecular weight is 235 g/mol. The first kappa shape index (κ1) is 11.9. The number of carbonyl (C=O) groups is 1. The van der Waals surface area contributed by atoms with E-state index in [1.807, 2.05) is 13.8 Å². The van der Waals surface area contributed by atoms with E-state index >= 15 is 0 Å². The Balaban J connectivity index is 2.21. The number of aromatic nitrogens is 1. The van der Waals surface area contributed by atoms with Crippen LogP contribution in [0, 0.1) is 6.92 Å². The quantitative estimate of drug-likeness (QED) is 0.783. The fourth-order valence-corrected chi connectivity index (χ4v) is 1.94. The summed E-state index contributed by atoms with van der Waals surface area (Å²) in [5.74, 6) is -0.0162. The highest BCUT2D eigenvalue weighted by Gasteiger charge is 2.23. The van der Waals surface area contributed by atoms with Crippen LogP contribution < -0.4 is 5.73 Å². The molecule has 2 heterocycles. The molecule has 1 aliphatic rings. The van der Waals surface area contributed by atoms with Gasteiger partial charge in [-0.15, -0.1) is 0 Å². The van der Waals surface area contributed by atoms with Crippen molar-refractivity contribution in [2.45, 2.75) is 20.0 Å². The van der Waals surface area contributed by atoms with Crippen molar-refractivity contribution in [2.24, 2.45) is 0 Å². The number of morpholine rings is 1. The molecule has 1 aromatic rings. The van der Waals surface area contributed by atoms with E-state index in [1.165, 1.54) is 0 Å². The Kier molecular flexibility index (Phi) is 3.28. The van der Waals surface area contributed by atoms with E-state index in [1.54, 1.807) is 17.2 Å². The molecule has 2 N–H and O–H groups in total. The Morgan fingerprint density at radius 2 is 2.41 bits per heavy atom. The minimum absolute atomic E-state index is 0.0162. The van der Waals surface area contributed by atoms with Crippen molar-refractivity contribution in [1.82, 2.24) is 9.88 Å². The summed E-state index contributed by atoms with van der Waals surface area (Å²) >= 11 is 0. The van der Waals surface area contributed by atoms with Crippen molar-refractivity contribution in [3.8, 4) is 0 Å². The monoisotopic (exact) mass is 235 g/mol. The Morgan fingerprint density at radius 1 is 1.65 bits per heavy atom. The van der Waals surface area contributed by atoms with E-state index in [0.717, 1.165) is 0 Å². The maximum absolute atomic E-state index is 12.3. The topological polar surface area (TPSA) is 68.5 Å². The number of hydrogen-bond acceptors (Lipinski definition) is 4. The van der Waals surface area contributed by atoms with Crippen LogP contribution in [0.5, 0.6) is 0 Å². The van der Waals surface area contributed by atoms with Crippen molar-refractivity contribution < 1.29 is 9.53 Å². The van der Waals surface area contributed by atoms with E-state index in [4.69, 9.17) is 10.5 Å². The molecule has 2 rings (SSSR count). The van der Waals surface area contributed by atoms with E-state index in [9.17, 15) is 4.79 Å². The maximum Gasteiger partial charge on any atom is 0.255 e. The summed E-state index contributed by atoms with van der Waals surface area (Å²) in [6.07, 6.45) is 1.65. The zero-order valence-electron chi connectivity index (χ0n) is 10.1. The van der Waals surface area contributed by atoms with Gasteiger partial charge < -0.3 is 15.4 Å². The number of aryl methyl sites for hydroxylation is 1. The van der Waals surface area contributed by atoms with Gasteiger partial charge >= 0.3 is 0 Å². The molecule has 5 heteroatoms. The normalized spacial score (nSPS) is 20.4. The fraction of sp³-hybridized carbons (Fsp3) is 0.500. The van der Waals surface area contributed by atoms with Crippen LogP contribution in [0.4, 0.5) is 5.69 Å². The second-order valence-corrected chi connectivity index (χ2v) is 4.33. The zero-order chi connectivity index (χ0) is 12.4. The van der Waals surface area contributed by atoms with Crippen LogP contribution >= 0.6 is 0 Å². The van der Waals surface area contributed by atoms with Gasteiger partial charge in [0.2, 0.25) is 0 Å². The zero-order valence-corrected chi connectivity index (χ0v) is 10.1. The average Bonchev–Trinajstić information content (AvgIpc) is 2.31. The third-order valence-corrected chi connectivity index (χ3v) is 2.87. The smallest absolute Gasteiger partial charge is 0.255 e. The van der Waals surface area contributed by atoms with E-state index < -0.39 is 0 Å². The van der Waals surface area contributed by atoms with Gasteiger partial charge in [-0.25, -0.2) is 0 Å². The van der Waals surface area contributed by atoms with Crippen molar-refractivity contribution in [3.63, 3.8) is 0 Å². The second-order valence-electron chi connectivity index (χ2n) is 4.33. The molecule has 1 fully saturated rings. The number of hydrogen-bond donors (Lipinski definition) is 1. The van der Waals surface area contributed by atoms with Crippen LogP contribution in [0.15, 0.2) is 12.3 Å². The largest absolute Gasteiger partial charge is 0.397 e. The van der Waals surface area contributed by atoms with Crippen molar-refractivity contribution in [3.05, 3.63) is 23.5 Å². The minimum Gasteiger partial charge on any atom is -0.397 e. The third-order valence-electron chi connectivity index (χ3n) is 2.87. The number of ether oxygens (including phenoxy) is 1. The number of nitrogens with zero attached hydrogens (tertiary/aromatic N) is 2. The van der Waals surface area contributed by atoms with Gasteiger partial charge in [0.25, 0.3) is 5.91 Å². The molecular formula is C12H17N3O2. The maximum atomic E-state index is 12.3. The molecule has 1 saturated heterocycles. The highest BCUT2D eigenvalue weighted by molar-refractivity contribution is 5.96. The molecule has 17 heavy (non-hydrogen) atoms. The van der Waals surface area contributed by atoms with Gasteiger partial charge in [0.1, 0.15) is 0 Å². The highest BCUT2D eigenvalue weighted by atomic mass is 16.5. The number of rotatable bonds is 1. The van der Waals surface area contributed by atoms with E-state index in [-0.39, 0.29) is 12.0 Å². The molecule has 92 valence electrons. The number of anilines is 1. The predicted octanol–water partition coefficient (Wildman–Crippen LogP) is 0.833. The molecule has 0 radical (unpaired) electrons. The lowest BCUT2D eigenvalue weighted by molar-refractivity contribution is -0.0124. The molecule has 5 nitrogen and oxygen atoms in total. The standard InChI is InChI=1S/C12H17N3O2/c1-8-7-15(3-4-17-8)12(16)11-5-10(13)6-14-9(11)2/h5-6,8H,3-4,7,13H2,1-2H3. The summed E-state index contributed by atoms with van der Waals surface area (Å²) in [5, 5.41) is 0. The molecule has 1 aromatic heterocycles. The van der Waals surface area contributed by atoms with Crippen molar-refractivity contribution >= 4 is 11.6 Å². The first-order valence-corrected chi connectivity index (χ1v) is 5.71. The first-order valence-electron chi connectivity index (χ1n) is 5.71. The summed E-state index contributed by atoms with van der Waals surface area (Å²) in [5.41, 5.74) is 7.47. The Morgan fingerprint density at radius 3 is 3.12 bits per heavy atom. The van der Waals surface area contributed by atoms with Gasteiger partial charge in [0, 0.05) is 13.1 Å². The molecule has 1 aliphatic heterocycles. The molecule has 1 unspecified atom stereocenters. The van der Waals surface area contributed by atoms with Crippen LogP contribution in [0.2, 0.25) is 0 Å². The Bertz CT molecular complexity index is 434. The van der Waals surface area contributed by atoms with Crippen molar-refractivity contribution in [2.75, 3.05) is 25.4 Å². The summed E-state index contributed by atoms with van der Waals surface area (Å²) in [4.78, 5) is 18.2. The summed E-state index contributed by atoms with van der Waals surface area (Å²) in [6.45, 7) is 5.60. The molecule has 1 atom stereocenters. The Labute approximate surface area is 101 Å². The minimum atomic E-state index is -0.0162. The number of nitrogen functional groups attached to an aromatic ring is 1. The van der Waals surface area contributed by atoms with Gasteiger partial charge in [-0.3, -0.25) is 9.78 Å². The highest BCUT2D eigenvalue weighted by Crippen LogP contribution is 2.14. The third kappa shape index (κ3) is 2.55. The van der Waals surface area contributed by atoms with Gasteiger partial charge in [-0.2, -0.15) is 0 Å². The van der Waals surface area contributed by atoms with Crippen LogP contribution in [0.1, 0.15) is 23.0 Å². The van der Waals surface area contributed by atoms with Crippen molar-refractivity contribution in [1.29, 1.82) is 0 Å². The number of pyridine rings is 1. The predicted molar refractivity (Wildman–Crippen MR) is 64.7 cm³/mol. The molecule has 0 spiro atoms. The second kappa shape index (κ2) is 4.71. The number of carbonyl (C=O) groups excluding carboxylic acids is 1. The number of amides is 1. The van der Waals surface area contributed by atoms with Gasteiger partial charge in [-0.05, 0) is 19.9 Å². The molecule has 0 aliphatic carbocycles. The van der Waals surface area contributed by atoms with Gasteiger partial charge in [0.15, 0.2) is 0 Å². The van der Waals surface area contributed by atoms with Gasteiger partial charge in [0.05, 0.1) is 35.9 Å². The first-order chi connectivity index (χ1) is 8.08. The van der Waals surface area contributed by atoms with Crippen LogP contribution in [0.3, 0.4) is 0 Å².